The topological polar surface area (TPSA) is 52.1 Å². The predicted molar refractivity (Wildman–Crippen MR) is 118 cm³/mol. The fraction of sp³-hybridized carbons (Fsp3) is 0.682. The number of likely N-dealkylation sites (N-methyl/N-ethyl adjacent to an activating group) is 1. The number of methoxy groups -OCH3 is 1. The van der Waals surface area contributed by atoms with Gasteiger partial charge in [0.25, 0.3) is 0 Å². The molecule has 1 fully saturated rings. The Morgan fingerprint density at radius 2 is 1.89 bits per heavy atom. The zero-order chi connectivity index (χ0) is 20.2. The van der Waals surface area contributed by atoms with E-state index in [2.05, 4.69) is 63.7 Å². The lowest BCUT2D eigenvalue weighted by atomic mass is 10.0. The van der Waals surface area contributed by atoms with Gasteiger partial charge in [-0.25, -0.2) is 0 Å². The van der Waals surface area contributed by atoms with Gasteiger partial charge in [0, 0.05) is 46.9 Å². The summed E-state index contributed by atoms with van der Waals surface area (Å²) in [5.41, 5.74) is 2.69. The Kier molecular flexibility index (Phi) is 10.3. The van der Waals surface area contributed by atoms with Gasteiger partial charge in [0.05, 0.1) is 6.04 Å². The lowest BCUT2D eigenvalue weighted by molar-refractivity contribution is 0.180. The number of nitrogens with zero attached hydrogens (tertiary/aromatic N) is 3. The molecule has 28 heavy (non-hydrogen) atoms. The van der Waals surface area contributed by atoms with Crippen LogP contribution < -0.4 is 10.6 Å². The van der Waals surface area contributed by atoms with Gasteiger partial charge in [0.1, 0.15) is 0 Å². The highest BCUT2D eigenvalue weighted by molar-refractivity contribution is 5.79. The minimum atomic E-state index is 0.387. The van der Waals surface area contributed by atoms with Crippen molar-refractivity contribution in [2.45, 2.75) is 32.2 Å². The molecular weight excluding hydrogens is 350 g/mol. The first kappa shape index (κ1) is 22.7. The molecule has 0 radical (unpaired) electrons. The Labute approximate surface area is 171 Å². The molecule has 0 bridgehead atoms. The highest BCUT2D eigenvalue weighted by Gasteiger charge is 2.23. The molecule has 1 aliphatic rings. The SMILES string of the molecule is CN=C(NCCN(C)CCCOC)NCC(c1ccc(C)cc1)N1CCCC1. The van der Waals surface area contributed by atoms with E-state index in [-0.39, 0.29) is 0 Å². The first-order valence-corrected chi connectivity index (χ1v) is 10.6. The minimum absolute atomic E-state index is 0.387. The number of ether oxygens (including phenoxy) is 1. The third-order valence-electron chi connectivity index (χ3n) is 5.40. The fourth-order valence-electron chi connectivity index (χ4n) is 3.67. The van der Waals surface area contributed by atoms with Crippen LogP contribution >= 0.6 is 0 Å². The number of likely N-dealkylation sites (tertiary alicyclic amines) is 1. The first-order chi connectivity index (χ1) is 13.6. The summed E-state index contributed by atoms with van der Waals surface area (Å²) >= 11 is 0. The Bertz CT molecular complexity index is 569. The van der Waals surface area contributed by atoms with Crippen molar-refractivity contribution in [2.24, 2.45) is 4.99 Å². The van der Waals surface area contributed by atoms with Gasteiger partial charge in [-0.3, -0.25) is 9.89 Å². The maximum atomic E-state index is 5.12. The minimum Gasteiger partial charge on any atom is -0.385 e. The van der Waals surface area contributed by atoms with Crippen LogP contribution in [0.3, 0.4) is 0 Å². The number of hydrogen-bond donors (Lipinski definition) is 2. The molecule has 6 heteroatoms. The third kappa shape index (κ3) is 7.78. The maximum absolute atomic E-state index is 5.12. The molecule has 1 heterocycles. The van der Waals surface area contributed by atoms with Gasteiger partial charge in [-0.2, -0.15) is 0 Å². The Morgan fingerprint density at radius 3 is 2.54 bits per heavy atom. The van der Waals surface area contributed by atoms with Crippen LogP contribution in [-0.2, 0) is 4.74 Å². The van der Waals surface area contributed by atoms with Crippen LogP contribution in [0, 0.1) is 6.92 Å². The summed E-state index contributed by atoms with van der Waals surface area (Å²) in [5, 5.41) is 6.99. The fourth-order valence-corrected chi connectivity index (χ4v) is 3.67. The van der Waals surface area contributed by atoms with Gasteiger partial charge in [-0.15, -0.1) is 0 Å². The molecular formula is C22H39N5O. The largest absolute Gasteiger partial charge is 0.385 e. The van der Waals surface area contributed by atoms with E-state index in [4.69, 9.17) is 4.74 Å². The van der Waals surface area contributed by atoms with Gasteiger partial charge in [0.2, 0.25) is 0 Å². The number of rotatable bonds is 11. The summed E-state index contributed by atoms with van der Waals surface area (Å²) in [7, 11) is 5.74. The number of benzene rings is 1. The third-order valence-corrected chi connectivity index (χ3v) is 5.40. The molecule has 0 spiro atoms. The molecule has 2 rings (SSSR count). The van der Waals surface area contributed by atoms with E-state index in [1.807, 2.05) is 7.05 Å². The smallest absolute Gasteiger partial charge is 0.191 e. The second kappa shape index (κ2) is 12.8. The predicted octanol–water partition coefficient (Wildman–Crippen LogP) is 2.27. The number of nitrogens with one attached hydrogen (secondary N) is 2. The molecule has 1 aliphatic heterocycles. The second-order valence-electron chi connectivity index (χ2n) is 7.70. The number of hydrogen-bond acceptors (Lipinski definition) is 4. The molecule has 6 nitrogen and oxygen atoms in total. The summed E-state index contributed by atoms with van der Waals surface area (Å²) in [6.45, 7) is 9.10. The average molecular weight is 390 g/mol. The number of guanidine groups is 1. The van der Waals surface area contributed by atoms with Crippen LogP contribution in [-0.4, -0.2) is 82.8 Å². The van der Waals surface area contributed by atoms with E-state index >= 15 is 0 Å². The van der Waals surface area contributed by atoms with Gasteiger partial charge in [-0.05, 0) is 51.9 Å². The van der Waals surface area contributed by atoms with Crippen molar-refractivity contribution < 1.29 is 4.74 Å². The summed E-state index contributed by atoms with van der Waals surface area (Å²) in [5.74, 6) is 0.876. The molecule has 0 amide bonds. The van der Waals surface area contributed by atoms with E-state index in [0.717, 1.165) is 45.2 Å². The molecule has 1 aromatic carbocycles. The molecule has 0 saturated carbocycles. The normalized spacial score (nSPS) is 16.5. The lowest BCUT2D eigenvalue weighted by Crippen LogP contribution is -2.44. The van der Waals surface area contributed by atoms with Gasteiger partial charge < -0.3 is 20.3 Å². The van der Waals surface area contributed by atoms with Crippen molar-refractivity contribution in [2.75, 3.05) is 67.1 Å². The van der Waals surface area contributed by atoms with Gasteiger partial charge in [-0.1, -0.05) is 29.8 Å². The molecule has 1 unspecified atom stereocenters. The van der Waals surface area contributed by atoms with Crippen LogP contribution in [0.2, 0.25) is 0 Å². The van der Waals surface area contributed by atoms with Crippen LogP contribution in [0.1, 0.15) is 36.4 Å². The van der Waals surface area contributed by atoms with Crippen molar-refractivity contribution in [3.05, 3.63) is 35.4 Å². The molecule has 1 aromatic rings. The summed E-state index contributed by atoms with van der Waals surface area (Å²) < 4.78 is 5.12. The van der Waals surface area contributed by atoms with Crippen molar-refractivity contribution >= 4 is 5.96 Å². The first-order valence-electron chi connectivity index (χ1n) is 10.6. The van der Waals surface area contributed by atoms with Crippen LogP contribution in [0.4, 0.5) is 0 Å². The van der Waals surface area contributed by atoms with E-state index in [1.165, 1.54) is 37.1 Å². The van der Waals surface area contributed by atoms with Crippen LogP contribution in [0.5, 0.6) is 0 Å². The second-order valence-corrected chi connectivity index (χ2v) is 7.70. The Morgan fingerprint density at radius 1 is 1.18 bits per heavy atom. The Hall–Kier alpha value is -1.63. The van der Waals surface area contributed by atoms with Crippen molar-refractivity contribution in [3.8, 4) is 0 Å². The average Bonchev–Trinajstić information content (AvgIpc) is 3.22. The zero-order valence-electron chi connectivity index (χ0n) is 18.2. The standard InChI is InChI=1S/C22H39N5O/c1-19-8-10-20(11-9-19)21(27-14-5-6-15-27)18-25-22(23-2)24-12-16-26(3)13-7-17-28-4/h8-11,21H,5-7,12-18H2,1-4H3,(H2,23,24,25). The summed E-state index contributed by atoms with van der Waals surface area (Å²) in [6, 6.07) is 9.35. The van der Waals surface area contributed by atoms with E-state index in [9.17, 15) is 0 Å². The van der Waals surface area contributed by atoms with Crippen LogP contribution in [0.25, 0.3) is 0 Å². The molecule has 1 saturated heterocycles. The monoisotopic (exact) mass is 389 g/mol. The quantitative estimate of drug-likeness (QED) is 0.345. The zero-order valence-corrected chi connectivity index (χ0v) is 18.2. The highest BCUT2D eigenvalue weighted by Crippen LogP contribution is 2.24. The highest BCUT2D eigenvalue weighted by atomic mass is 16.5. The molecule has 2 N–H and O–H groups in total. The molecule has 0 aliphatic carbocycles. The summed E-state index contributed by atoms with van der Waals surface area (Å²) in [4.78, 5) is 9.31. The molecule has 1 atom stereocenters. The van der Waals surface area contributed by atoms with E-state index in [1.54, 1.807) is 7.11 Å². The van der Waals surface area contributed by atoms with Gasteiger partial charge in [0.15, 0.2) is 5.96 Å². The van der Waals surface area contributed by atoms with E-state index in [0.29, 0.717) is 6.04 Å². The van der Waals surface area contributed by atoms with Crippen molar-refractivity contribution in [1.29, 1.82) is 0 Å². The number of aryl methyl sites for hydroxylation is 1. The summed E-state index contributed by atoms with van der Waals surface area (Å²) in [6.07, 6.45) is 3.66. The Balaban J connectivity index is 1.82. The maximum Gasteiger partial charge on any atom is 0.191 e. The van der Waals surface area contributed by atoms with Gasteiger partial charge >= 0.3 is 0 Å². The molecule has 0 aromatic heterocycles. The van der Waals surface area contributed by atoms with Crippen molar-refractivity contribution in [3.63, 3.8) is 0 Å². The number of aliphatic imine (C=N–C) groups is 1. The van der Waals surface area contributed by atoms with Crippen LogP contribution in [0.15, 0.2) is 29.3 Å². The molecule has 158 valence electrons. The van der Waals surface area contributed by atoms with E-state index < -0.39 is 0 Å². The lowest BCUT2D eigenvalue weighted by Gasteiger charge is -2.29. The van der Waals surface area contributed by atoms with Crippen molar-refractivity contribution in [1.82, 2.24) is 20.4 Å².